The molecular formula is C9H22N4O. The first-order valence-corrected chi connectivity index (χ1v) is 5.20. The minimum Gasteiger partial charge on any atom is -0.352 e. The number of nitrogens with two attached hydrogens (primary N) is 2. The maximum absolute atomic E-state index is 9.00. The van der Waals surface area contributed by atoms with Crippen molar-refractivity contribution in [2.24, 2.45) is 11.5 Å². The highest BCUT2D eigenvalue weighted by molar-refractivity contribution is 5.69. The summed E-state index contributed by atoms with van der Waals surface area (Å²) in [5, 5.41) is 6.44. The molecule has 2 heterocycles. The van der Waals surface area contributed by atoms with Crippen LogP contribution in [0.25, 0.3) is 0 Å². The van der Waals surface area contributed by atoms with Gasteiger partial charge in [-0.25, -0.2) is 4.79 Å². The van der Waals surface area contributed by atoms with E-state index in [9.17, 15) is 0 Å². The molecule has 2 aliphatic heterocycles. The van der Waals surface area contributed by atoms with Crippen molar-refractivity contribution >= 4 is 6.03 Å². The normalized spacial score (nSPS) is 18.9. The number of carbonyl (C=O) groups is 1. The summed E-state index contributed by atoms with van der Waals surface area (Å²) in [5.74, 6) is 0. The van der Waals surface area contributed by atoms with Crippen molar-refractivity contribution < 1.29 is 4.79 Å². The SMILES string of the molecule is C1CCNC1.C1CCNC1.NC(N)=O. The molecule has 14 heavy (non-hydrogen) atoms. The fourth-order valence-electron chi connectivity index (χ4n) is 1.25. The topological polar surface area (TPSA) is 93.2 Å². The first-order valence-electron chi connectivity index (χ1n) is 5.20. The van der Waals surface area contributed by atoms with E-state index in [1.807, 2.05) is 0 Å². The van der Waals surface area contributed by atoms with Gasteiger partial charge in [-0.3, -0.25) is 0 Å². The molecule has 5 heteroatoms. The van der Waals surface area contributed by atoms with E-state index in [-0.39, 0.29) is 0 Å². The minimum absolute atomic E-state index is 0.833. The number of rotatable bonds is 0. The Bertz CT molecular complexity index is 104. The van der Waals surface area contributed by atoms with Gasteiger partial charge in [0, 0.05) is 0 Å². The molecule has 2 amide bonds. The van der Waals surface area contributed by atoms with Gasteiger partial charge in [0.2, 0.25) is 0 Å². The van der Waals surface area contributed by atoms with Crippen LogP contribution in [0.4, 0.5) is 4.79 Å². The van der Waals surface area contributed by atoms with Crippen LogP contribution in [0, 0.1) is 0 Å². The van der Waals surface area contributed by atoms with Gasteiger partial charge in [0.05, 0.1) is 0 Å². The predicted molar refractivity (Wildman–Crippen MR) is 58.0 cm³/mol. The number of hydrogen-bond acceptors (Lipinski definition) is 3. The van der Waals surface area contributed by atoms with Gasteiger partial charge in [-0.05, 0) is 51.9 Å². The second-order valence-electron chi connectivity index (χ2n) is 3.32. The average Bonchev–Trinajstić information content (AvgIpc) is 2.83. The summed E-state index contributed by atoms with van der Waals surface area (Å²) in [7, 11) is 0. The Morgan fingerprint density at radius 1 is 0.786 bits per heavy atom. The smallest absolute Gasteiger partial charge is 0.309 e. The van der Waals surface area contributed by atoms with Crippen molar-refractivity contribution in [3.8, 4) is 0 Å². The summed E-state index contributed by atoms with van der Waals surface area (Å²) in [6, 6.07) is -0.833. The summed E-state index contributed by atoms with van der Waals surface area (Å²) < 4.78 is 0. The molecular weight excluding hydrogens is 180 g/mol. The zero-order valence-electron chi connectivity index (χ0n) is 8.72. The van der Waals surface area contributed by atoms with E-state index < -0.39 is 6.03 Å². The third-order valence-corrected chi connectivity index (χ3v) is 1.91. The molecule has 84 valence electrons. The molecule has 0 bridgehead atoms. The molecule has 0 spiro atoms. The van der Waals surface area contributed by atoms with E-state index in [0.29, 0.717) is 0 Å². The van der Waals surface area contributed by atoms with Crippen LogP contribution in [0.1, 0.15) is 25.7 Å². The van der Waals surface area contributed by atoms with Crippen LogP contribution in [0.15, 0.2) is 0 Å². The second-order valence-corrected chi connectivity index (χ2v) is 3.32. The van der Waals surface area contributed by atoms with Crippen LogP contribution >= 0.6 is 0 Å². The number of urea groups is 1. The van der Waals surface area contributed by atoms with Crippen LogP contribution in [-0.2, 0) is 0 Å². The fourth-order valence-corrected chi connectivity index (χ4v) is 1.25. The number of carbonyl (C=O) groups excluding carboxylic acids is 1. The Morgan fingerprint density at radius 2 is 1.00 bits per heavy atom. The van der Waals surface area contributed by atoms with Gasteiger partial charge in [-0.2, -0.15) is 0 Å². The Morgan fingerprint density at radius 3 is 1.07 bits per heavy atom. The highest BCUT2D eigenvalue weighted by atomic mass is 16.2. The lowest BCUT2D eigenvalue weighted by molar-refractivity contribution is 0.256. The zero-order chi connectivity index (χ0) is 10.6. The Labute approximate surface area is 85.6 Å². The number of hydrogen-bond donors (Lipinski definition) is 4. The molecule has 2 rings (SSSR count). The monoisotopic (exact) mass is 202 g/mol. The largest absolute Gasteiger partial charge is 0.352 e. The van der Waals surface area contributed by atoms with Crippen LogP contribution in [-0.4, -0.2) is 32.2 Å². The maximum atomic E-state index is 9.00. The lowest BCUT2D eigenvalue weighted by Gasteiger charge is -1.76. The van der Waals surface area contributed by atoms with Crippen LogP contribution in [0.2, 0.25) is 0 Å². The Balaban J connectivity index is 0.000000183. The van der Waals surface area contributed by atoms with Crippen molar-refractivity contribution in [3.05, 3.63) is 0 Å². The van der Waals surface area contributed by atoms with E-state index in [1.54, 1.807) is 0 Å². The first kappa shape index (κ1) is 13.2. The fraction of sp³-hybridized carbons (Fsp3) is 0.889. The summed E-state index contributed by atoms with van der Waals surface area (Å²) in [5.41, 5.74) is 8.50. The molecule has 0 unspecified atom stereocenters. The first-order chi connectivity index (χ1) is 6.73. The van der Waals surface area contributed by atoms with E-state index >= 15 is 0 Å². The Kier molecular flexibility index (Phi) is 9.68. The third-order valence-electron chi connectivity index (χ3n) is 1.91. The van der Waals surface area contributed by atoms with Gasteiger partial charge in [0.25, 0.3) is 0 Å². The van der Waals surface area contributed by atoms with Crippen LogP contribution in [0.5, 0.6) is 0 Å². The van der Waals surface area contributed by atoms with Gasteiger partial charge in [0.1, 0.15) is 0 Å². The van der Waals surface area contributed by atoms with Gasteiger partial charge in [-0.1, -0.05) is 0 Å². The molecule has 6 N–H and O–H groups in total. The van der Waals surface area contributed by atoms with Crippen molar-refractivity contribution in [2.45, 2.75) is 25.7 Å². The molecule has 0 aromatic carbocycles. The molecule has 5 nitrogen and oxygen atoms in total. The van der Waals surface area contributed by atoms with E-state index in [4.69, 9.17) is 4.79 Å². The van der Waals surface area contributed by atoms with Gasteiger partial charge in [-0.15, -0.1) is 0 Å². The molecule has 0 atom stereocenters. The zero-order valence-corrected chi connectivity index (χ0v) is 8.72. The molecule has 0 aliphatic carbocycles. The van der Waals surface area contributed by atoms with E-state index in [1.165, 1.54) is 51.9 Å². The highest BCUT2D eigenvalue weighted by Crippen LogP contribution is 1.90. The quantitative estimate of drug-likeness (QED) is 0.437. The Hall–Kier alpha value is -0.810. The lowest BCUT2D eigenvalue weighted by atomic mass is 10.4. The lowest BCUT2D eigenvalue weighted by Crippen LogP contribution is -2.18. The van der Waals surface area contributed by atoms with Crippen molar-refractivity contribution in [1.29, 1.82) is 0 Å². The van der Waals surface area contributed by atoms with Crippen molar-refractivity contribution in [1.82, 2.24) is 10.6 Å². The number of nitrogens with one attached hydrogen (secondary N) is 2. The molecule has 2 saturated heterocycles. The summed E-state index contributed by atoms with van der Waals surface area (Å²) in [6.45, 7) is 5.00. The molecule has 0 radical (unpaired) electrons. The van der Waals surface area contributed by atoms with Gasteiger partial charge >= 0.3 is 6.03 Å². The number of amides is 2. The molecule has 2 fully saturated rings. The highest BCUT2D eigenvalue weighted by Gasteiger charge is 1.93. The van der Waals surface area contributed by atoms with E-state index in [2.05, 4.69) is 22.1 Å². The summed E-state index contributed by atoms with van der Waals surface area (Å²) >= 11 is 0. The van der Waals surface area contributed by atoms with Gasteiger partial charge in [0.15, 0.2) is 0 Å². The molecule has 2 aliphatic rings. The molecule has 0 aromatic rings. The third kappa shape index (κ3) is 13.8. The van der Waals surface area contributed by atoms with Gasteiger partial charge < -0.3 is 22.1 Å². The predicted octanol–water partition coefficient (Wildman–Crippen LogP) is -0.237. The average molecular weight is 202 g/mol. The maximum Gasteiger partial charge on any atom is 0.309 e. The van der Waals surface area contributed by atoms with E-state index in [0.717, 1.165) is 0 Å². The van der Waals surface area contributed by atoms with Crippen LogP contribution in [0.3, 0.4) is 0 Å². The van der Waals surface area contributed by atoms with Crippen molar-refractivity contribution in [2.75, 3.05) is 26.2 Å². The molecule has 0 saturated carbocycles. The van der Waals surface area contributed by atoms with Crippen LogP contribution < -0.4 is 22.1 Å². The second kappa shape index (κ2) is 10.3. The standard InChI is InChI=1S/2C4H9N.CH4N2O/c2*1-2-4-5-3-1;2-1(3)4/h2*5H,1-4H2;(H4,2,3,4). The summed E-state index contributed by atoms with van der Waals surface area (Å²) in [6.07, 6.45) is 5.56. The van der Waals surface area contributed by atoms with Crippen molar-refractivity contribution in [3.63, 3.8) is 0 Å². The molecule has 0 aromatic heterocycles. The number of primary amides is 2. The summed E-state index contributed by atoms with van der Waals surface area (Å²) in [4.78, 5) is 9.00. The minimum atomic E-state index is -0.833.